The zero-order chi connectivity index (χ0) is 18.7. The lowest BCUT2D eigenvalue weighted by molar-refractivity contribution is -0.115. The number of para-hydroxylation sites is 1. The fourth-order valence-corrected chi connectivity index (χ4v) is 3.47. The van der Waals surface area contributed by atoms with Gasteiger partial charge in [-0.3, -0.25) is 9.36 Å². The van der Waals surface area contributed by atoms with Crippen molar-refractivity contribution in [2.24, 2.45) is 0 Å². The lowest BCUT2D eigenvalue weighted by atomic mass is 10.2. The molecule has 1 heterocycles. The number of aryl methyl sites for hydroxylation is 1. The highest BCUT2D eigenvalue weighted by Gasteiger charge is 2.19. The molecular formula is C19H17ClFN3OS. The van der Waals surface area contributed by atoms with E-state index in [2.05, 4.69) is 10.3 Å². The first kappa shape index (κ1) is 18.5. The topological polar surface area (TPSA) is 46.9 Å². The van der Waals surface area contributed by atoms with Crippen molar-refractivity contribution in [2.75, 3.05) is 5.32 Å². The number of amides is 1. The number of hydrogen-bond acceptors (Lipinski definition) is 3. The Labute approximate surface area is 160 Å². The van der Waals surface area contributed by atoms with Crippen molar-refractivity contribution in [1.82, 2.24) is 9.55 Å². The molecule has 3 aromatic rings. The summed E-state index contributed by atoms with van der Waals surface area (Å²) < 4.78 is 15.8. The lowest BCUT2D eigenvalue weighted by Gasteiger charge is -2.14. The minimum Gasteiger partial charge on any atom is -0.323 e. The first-order valence-corrected chi connectivity index (χ1v) is 9.23. The molecule has 1 atom stereocenters. The van der Waals surface area contributed by atoms with Crippen molar-refractivity contribution >= 4 is 35.0 Å². The third-order valence-corrected chi connectivity index (χ3v) is 5.14. The number of halogens is 2. The van der Waals surface area contributed by atoms with Gasteiger partial charge in [0.15, 0.2) is 5.16 Å². The minimum absolute atomic E-state index is 0.106. The number of aromatic nitrogens is 2. The van der Waals surface area contributed by atoms with Crippen LogP contribution in [-0.4, -0.2) is 20.7 Å². The van der Waals surface area contributed by atoms with Gasteiger partial charge in [0.1, 0.15) is 5.82 Å². The summed E-state index contributed by atoms with van der Waals surface area (Å²) in [5.74, 6) is -0.875. The fourth-order valence-electron chi connectivity index (χ4n) is 2.43. The Bertz CT molecular complexity index is 944. The molecule has 0 saturated carbocycles. The molecular weight excluding hydrogens is 373 g/mol. The van der Waals surface area contributed by atoms with E-state index in [-0.39, 0.29) is 16.6 Å². The van der Waals surface area contributed by atoms with Crippen molar-refractivity contribution in [1.29, 1.82) is 0 Å². The van der Waals surface area contributed by atoms with Crippen LogP contribution in [0, 0.1) is 12.7 Å². The largest absolute Gasteiger partial charge is 0.323 e. The SMILES string of the molecule is Cc1ccccc1-n1ccnc1S[C@@H](C)C(=O)Nc1ccc(Cl)cc1F. The van der Waals surface area contributed by atoms with Gasteiger partial charge in [0.2, 0.25) is 5.91 Å². The van der Waals surface area contributed by atoms with Gasteiger partial charge in [-0.25, -0.2) is 9.37 Å². The predicted molar refractivity (Wildman–Crippen MR) is 104 cm³/mol. The van der Waals surface area contributed by atoms with Gasteiger partial charge in [-0.2, -0.15) is 0 Å². The van der Waals surface area contributed by atoms with Crippen LogP contribution in [-0.2, 0) is 4.79 Å². The zero-order valence-corrected chi connectivity index (χ0v) is 15.8. The van der Waals surface area contributed by atoms with E-state index >= 15 is 0 Å². The molecule has 0 bridgehead atoms. The van der Waals surface area contributed by atoms with Crippen LogP contribution >= 0.6 is 23.4 Å². The molecule has 0 radical (unpaired) electrons. The highest BCUT2D eigenvalue weighted by atomic mass is 35.5. The van der Waals surface area contributed by atoms with Crippen molar-refractivity contribution < 1.29 is 9.18 Å². The maximum atomic E-state index is 13.9. The van der Waals surface area contributed by atoms with Gasteiger partial charge in [0, 0.05) is 17.4 Å². The number of carbonyl (C=O) groups is 1. The maximum Gasteiger partial charge on any atom is 0.237 e. The average Bonchev–Trinajstić information content (AvgIpc) is 3.05. The van der Waals surface area contributed by atoms with Crippen LogP contribution in [0.2, 0.25) is 5.02 Å². The summed E-state index contributed by atoms with van der Waals surface area (Å²) in [5.41, 5.74) is 2.21. The third kappa shape index (κ3) is 4.08. The molecule has 4 nitrogen and oxygen atoms in total. The molecule has 1 aromatic heterocycles. The molecule has 0 unspecified atom stereocenters. The Hall–Kier alpha value is -2.31. The molecule has 0 aliphatic carbocycles. The van der Waals surface area contributed by atoms with E-state index in [9.17, 15) is 9.18 Å². The Morgan fingerprint density at radius 2 is 2.08 bits per heavy atom. The quantitative estimate of drug-likeness (QED) is 0.618. The van der Waals surface area contributed by atoms with Gasteiger partial charge in [0.25, 0.3) is 0 Å². The Balaban J connectivity index is 1.74. The summed E-state index contributed by atoms with van der Waals surface area (Å²) in [6, 6.07) is 12.1. The molecule has 1 amide bonds. The second kappa shape index (κ2) is 7.93. The summed E-state index contributed by atoms with van der Waals surface area (Å²) in [5, 5.41) is 3.10. The molecule has 7 heteroatoms. The fraction of sp³-hybridized carbons (Fsp3) is 0.158. The Morgan fingerprint density at radius 3 is 2.81 bits per heavy atom. The summed E-state index contributed by atoms with van der Waals surface area (Å²) in [6.07, 6.45) is 3.55. The number of hydrogen-bond donors (Lipinski definition) is 1. The van der Waals surface area contributed by atoms with Crippen LogP contribution in [0.4, 0.5) is 10.1 Å². The molecule has 1 N–H and O–H groups in total. The van der Waals surface area contributed by atoms with Gasteiger partial charge in [-0.05, 0) is 43.7 Å². The van der Waals surface area contributed by atoms with Crippen molar-refractivity contribution in [3.63, 3.8) is 0 Å². The number of benzene rings is 2. The van der Waals surface area contributed by atoms with Crippen LogP contribution in [0.5, 0.6) is 0 Å². The predicted octanol–water partition coefficient (Wildman–Crippen LogP) is 5.09. The normalized spacial score (nSPS) is 12.0. The summed E-state index contributed by atoms with van der Waals surface area (Å²) >= 11 is 7.04. The molecule has 0 spiro atoms. The van der Waals surface area contributed by atoms with E-state index in [1.165, 1.54) is 30.0 Å². The Kier molecular flexibility index (Phi) is 5.64. The summed E-state index contributed by atoms with van der Waals surface area (Å²) in [7, 11) is 0. The first-order valence-electron chi connectivity index (χ1n) is 7.97. The molecule has 0 aliphatic rings. The van der Waals surface area contributed by atoms with E-state index in [0.717, 1.165) is 11.3 Å². The average molecular weight is 390 g/mol. The number of anilines is 1. The van der Waals surface area contributed by atoms with E-state index in [1.54, 1.807) is 13.1 Å². The van der Waals surface area contributed by atoms with Crippen LogP contribution in [0.25, 0.3) is 5.69 Å². The molecule has 134 valence electrons. The van der Waals surface area contributed by atoms with Gasteiger partial charge in [-0.15, -0.1) is 0 Å². The number of carbonyl (C=O) groups excluding carboxylic acids is 1. The Morgan fingerprint density at radius 1 is 1.31 bits per heavy atom. The molecule has 0 fully saturated rings. The molecule has 0 saturated heterocycles. The van der Waals surface area contributed by atoms with Gasteiger partial charge in [-0.1, -0.05) is 41.6 Å². The number of rotatable bonds is 5. The van der Waals surface area contributed by atoms with E-state index in [1.807, 2.05) is 42.0 Å². The number of imidazole rings is 1. The van der Waals surface area contributed by atoms with E-state index in [0.29, 0.717) is 5.16 Å². The first-order chi connectivity index (χ1) is 12.5. The van der Waals surface area contributed by atoms with Gasteiger partial charge < -0.3 is 5.32 Å². The van der Waals surface area contributed by atoms with Crippen molar-refractivity contribution in [2.45, 2.75) is 24.3 Å². The highest BCUT2D eigenvalue weighted by molar-refractivity contribution is 8.00. The standard InChI is InChI=1S/C19H17ClFN3OS/c1-12-5-3-4-6-17(12)24-10-9-22-19(24)26-13(2)18(25)23-16-8-7-14(20)11-15(16)21/h3-11,13H,1-2H3,(H,23,25)/t13-/m0/s1. The van der Waals surface area contributed by atoms with Crippen LogP contribution in [0.15, 0.2) is 60.0 Å². The zero-order valence-electron chi connectivity index (χ0n) is 14.2. The van der Waals surface area contributed by atoms with Crippen molar-refractivity contribution in [3.05, 3.63) is 71.3 Å². The summed E-state index contributed by atoms with van der Waals surface area (Å²) in [4.78, 5) is 16.8. The number of thioether (sulfide) groups is 1. The van der Waals surface area contributed by atoms with E-state index < -0.39 is 11.1 Å². The number of nitrogens with one attached hydrogen (secondary N) is 1. The maximum absolute atomic E-state index is 13.9. The second-order valence-electron chi connectivity index (χ2n) is 5.74. The monoisotopic (exact) mass is 389 g/mol. The minimum atomic E-state index is -0.565. The molecule has 3 rings (SSSR count). The van der Waals surface area contributed by atoms with Gasteiger partial charge >= 0.3 is 0 Å². The lowest BCUT2D eigenvalue weighted by Crippen LogP contribution is -2.23. The van der Waals surface area contributed by atoms with Gasteiger partial charge in [0.05, 0.1) is 16.6 Å². The molecule has 2 aromatic carbocycles. The highest BCUT2D eigenvalue weighted by Crippen LogP contribution is 2.27. The smallest absolute Gasteiger partial charge is 0.237 e. The third-order valence-electron chi connectivity index (χ3n) is 3.82. The second-order valence-corrected chi connectivity index (χ2v) is 7.48. The summed E-state index contributed by atoms with van der Waals surface area (Å²) in [6.45, 7) is 3.77. The van der Waals surface area contributed by atoms with Crippen LogP contribution in [0.1, 0.15) is 12.5 Å². The van der Waals surface area contributed by atoms with E-state index in [4.69, 9.17) is 11.6 Å². The van der Waals surface area contributed by atoms with Crippen LogP contribution < -0.4 is 5.32 Å². The van der Waals surface area contributed by atoms with Crippen molar-refractivity contribution in [3.8, 4) is 5.69 Å². The van der Waals surface area contributed by atoms with Crippen LogP contribution in [0.3, 0.4) is 0 Å². The number of nitrogens with zero attached hydrogens (tertiary/aromatic N) is 2. The molecule has 0 aliphatic heterocycles. The molecule has 26 heavy (non-hydrogen) atoms.